The van der Waals surface area contributed by atoms with Gasteiger partial charge < -0.3 is 10.1 Å². The van der Waals surface area contributed by atoms with Gasteiger partial charge in [0.15, 0.2) is 0 Å². The van der Waals surface area contributed by atoms with Crippen molar-refractivity contribution in [1.29, 1.82) is 5.26 Å². The van der Waals surface area contributed by atoms with Gasteiger partial charge in [-0.25, -0.2) is 0 Å². The molecule has 0 aliphatic carbocycles. The molecule has 1 aromatic heterocycles. The summed E-state index contributed by atoms with van der Waals surface area (Å²) >= 11 is 0. The molecule has 0 N–H and O–H groups in total. The topological polar surface area (TPSA) is 128 Å². The summed E-state index contributed by atoms with van der Waals surface area (Å²) in [5.41, 5.74) is 0.170. The van der Waals surface area contributed by atoms with Crippen LogP contribution in [0.2, 0.25) is 0 Å². The number of imidazole rings is 1. The minimum Gasteiger partial charge on any atom is -0.358 e. The molecule has 0 amide bonds. The summed E-state index contributed by atoms with van der Waals surface area (Å²) in [6.07, 6.45) is 0. The van der Waals surface area contributed by atoms with E-state index in [1.54, 1.807) is 6.07 Å². The Balaban J connectivity index is 2.56. The monoisotopic (exact) mass is 273 g/mol. The Hall–Kier alpha value is -3.28. The first-order valence-corrected chi connectivity index (χ1v) is 5.31. The van der Waals surface area contributed by atoms with E-state index in [9.17, 15) is 20.2 Å². The van der Waals surface area contributed by atoms with E-state index in [2.05, 4.69) is 4.98 Å². The van der Waals surface area contributed by atoms with Crippen LogP contribution in [0.25, 0.3) is 11.4 Å². The summed E-state index contributed by atoms with van der Waals surface area (Å²) in [5.74, 6) is -0.341. The van der Waals surface area contributed by atoms with Crippen LogP contribution in [0.5, 0.6) is 0 Å². The van der Waals surface area contributed by atoms with Crippen molar-refractivity contribution in [3.63, 3.8) is 0 Å². The number of hydrogen-bond donors (Lipinski definition) is 0. The molecule has 20 heavy (non-hydrogen) atoms. The fraction of sp³-hybridized carbons (Fsp3) is 0.0909. The average Bonchev–Trinajstić information content (AvgIpc) is 2.76. The van der Waals surface area contributed by atoms with E-state index in [1.807, 2.05) is 0 Å². The molecule has 0 radical (unpaired) electrons. The number of hydrogen-bond acceptors (Lipinski definition) is 6. The minimum atomic E-state index is -0.743. The molecule has 0 bridgehead atoms. The van der Waals surface area contributed by atoms with Crippen LogP contribution >= 0.6 is 0 Å². The highest BCUT2D eigenvalue weighted by atomic mass is 16.6. The van der Waals surface area contributed by atoms with Crippen LogP contribution in [-0.4, -0.2) is 19.4 Å². The number of nitro groups is 2. The fourth-order valence-corrected chi connectivity index (χ4v) is 1.73. The number of nitro benzene ring substituents is 1. The first-order valence-electron chi connectivity index (χ1n) is 5.31. The smallest absolute Gasteiger partial charge is 0.358 e. The lowest BCUT2D eigenvalue weighted by atomic mass is 10.2. The van der Waals surface area contributed by atoms with Crippen molar-refractivity contribution in [2.75, 3.05) is 0 Å². The minimum absolute atomic E-state index is 0.0991. The van der Waals surface area contributed by atoms with Gasteiger partial charge in [-0.3, -0.25) is 14.7 Å². The van der Waals surface area contributed by atoms with Crippen LogP contribution in [0, 0.1) is 31.6 Å². The van der Waals surface area contributed by atoms with Crippen LogP contribution in [0.1, 0.15) is 5.69 Å². The van der Waals surface area contributed by atoms with Crippen molar-refractivity contribution in [2.24, 2.45) is 7.05 Å². The van der Waals surface area contributed by atoms with Crippen LogP contribution in [0.4, 0.5) is 11.5 Å². The molecular weight excluding hydrogens is 266 g/mol. The van der Waals surface area contributed by atoms with E-state index in [0.29, 0.717) is 5.56 Å². The van der Waals surface area contributed by atoms with Gasteiger partial charge >= 0.3 is 5.82 Å². The fourth-order valence-electron chi connectivity index (χ4n) is 1.73. The summed E-state index contributed by atoms with van der Waals surface area (Å²) in [4.78, 5) is 23.9. The highest BCUT2D eigenvalue weighted by Crippen LogP contribution is 2.26. The van der Waals surface area contributed by atoms with Gasteiger partial charge in [0.1, 0.15) is 6.07 Å². The largest absolute Gasteiger partial charge is 0.400 e. The Morgan fingerprint density at radius 3 is 2.20 bits per heavy atom. The summed E-state index contributed by atoms with van der Waals surface area (Å²) in [6, 6.07) is 7.09. The second kappa shape index (κ2) is 4.77. The number of aromatic nitrogens is 2. The Bertz CT molecular complexity index is 741. The third-order valence-electron chi connectivity index (χ3n) is 2.69. The van der Waals surface area contributed by atoms with Gasteiger partial charge in [0.25, 0.3) is 11.5 Å². The zero-order valence-electron chi connectivity index (χ0n) is 10.2. The summed E-state index contributed by atoms with van der Waals surface area (Å²) in [6.45, 7) is 0. The predicted octanol–water partition coefficient (Wildman–Crippen LogP) is 1.78. The molecule has 2 rings (SSSR count). The van der Waals surface area contributed by atoms with E-state index >= 15 is 0 Å². The van der Waals surface area contributed by atoms with Crippen molar-refractivity contribution in [2.45, 2.75) is 0 Å². The van der Waals surface area contributed by atoms with Crippen molar-refractivity contribution in [1.82, 2.24) is 9.55 Å². The Kier molecular flexibility index (Phi) is 3.14. The molecule has 1 heterocycles. The molecule has 9 nitrogen and oxygen atoms in total. The summed E-state index contributed by atoms with van der Waals surface area (Å²) < 4.78 is 1.28. The van der Waals surface area contributed by atoms with Crippen LogP contribution in [0.3, 0.4) is 0 Å². The first kappa shape index (κ1) is 13.2. The van der Waals surface area contributed by atoms with E-state index < -0.39 is 15.7 Å². The number of nitriles is 1. The highest BCUT2D eigenvalue weighted by Gasteiger charge is 2.26. The predicted molar refractivity (Wildman–Crippen MR) is 66.7 cm³/mol. The van der Waals surface area contributed by atoms with Gasteiger partial charge in [-0.2, -0.15) is 5.26 Å². The van der Waals surface area contributed by atoms with Crippen molar-refractivity contribution in [3.05, 3.63) is 50.2 Å². The van der Waals surface area contributed by atoms with Crippen LogP contribution < -0.4 is 0 Å². The van der Waals surface area contributed by atoms with Crippen LogP contribution in [-0.2, 0) is 7.05 Å². The van der Waals surface area contributed by atoms with Crippen molar-refractivity contribution >= 4 is 11.5 Å². The van der Waals surface area contributed by atoms with Crippen molar-refractivity contribution in [3.8, 4) is 17.5 Å². The maximum atomic E-state index is 10.8. The van der Waals surface area contributed by atoms with Crippen molar-refractivity contribution < 1.29 is 9.85 Å². The third-order valence-corrected chi connectivity index (χ3v) is 2.69. The molecule has 0 saturated carbocycles. The molecule has 0 spiro atoms. The maximum absolute atomic E-state index is 10.8. The Morgan fingerprint density at radius 2 is 1.80 bits per heavy atom. The second-order valence-corrected chi connectivity index (χ2v) is 3.84. The van der Waals surface area contributed by atoms with E-state index in [-0.39, 0.29) is 17.2 Å². The quantitative estimate of drug-likeness (QED) is 0.619. The molecule has 0 aliphatic heterocycles. The van der Waals surface area contributed by atoms with Gasteiger partial charge in [0.2, 0.25) is 5.69 Å². The number of nitrogens with zero attached hydrogens (tertiary/aromatic N) is 5. The lowest BCUT2D eigenvalue weighted by Gasteiger charge is -1.97. The SMILES string of the molecule is Cn1c(-c2ccc([N+](=O)[O-])cc2)nc([N+](=O)[O-])c1C#N. The summed E-state index contributed by atoms with van der Waals surface area (Å²) in [7, 11) is 1.47. The molecule has 0 atom stereocenters. The van der Waals surface area contributed by atoms with Gasteiger partial charge in [0, 0.05) is 24.7 Å². The average molecular weight is 273 g/mol. The molecule has 0 fully saturated rings. The summed E-state index contributed by atoms with van der Waals surface area (Å²) in [5, 5.41) is 30.3. The molecule has 1 aromatic carbocycles. The molecule has 100 valence electrons. The van der Waals surface area contributed by atoms with E-state index in [0.717, 1.165) is 0 Å². The number of non-ortho nitro benzene ring substituents is 1. The molecule has 0 aliphatic rings. The van der Waals surface area contributed by atoms with Crippen LogP contribution in [0.15, 0.2) is 24.3 Å². The number of benzene rings is 1. The lowest BCUT2D eigenvalue weighted by Crippen LogP contribution is -1.97. The standard InChI is InChI=1S/C11H7N5O4/c1-14-9(6-12)11(16(19)20)13-10(14)7-2-4-8(5-3-7)15(17)18/h2-5H,1H3. The highest BCUT2D eigenvalue weighted by molar-refractivity contribution is 5.62. The van der Waals surface area contributed by atoms with Gasteiger partial charge in [0.05, 0.1) is 4.92 Å². The Labute approximate surface area is 112 Å². The van der Waals surface area contributed by atoms with Gasteiger partial charge in [-0.05, 0) is 22.0 Å². The molecule has 9 heteroatoms. The zero-order valence-corrected chi connectivity index (χ0v) is 10.2. The molecule has 2 aromatic rings. The van der Waals surface area contributed by atoms with Gasteiger partial charge in [-0.1, -0.05) is 0 Å². The number of rotatable bonds is 3. The van der Waals surface area contributed by atoms with E-state index in [4.69, 9.17) is 5.26 Å². The second-order valence-electron chi connectivity index (χ2n) is 3.84. The normalized spacial score (nSPS) is 10.0. The van der Waals surface area contributed by atoms with E-state index in [1.165, 1.54) is 35.9 Å². The molecular formula is C11H7N5O4. The molecule has 0 unspecified atom stereocenters. The first-order chi connectivity index (χ1) is 9.45. The maximum Gasteiger partial charge on any atom is 0.400 e. The third kappa shape index (κ3) is 2.05. The molecule has 0 saturated heterocycles. The zero-order chi connectivity index (χ0) is 14.9. The lowest BCUT2D eigenvalue weighted by molar-refractivity contribution is -0.389. The van der Waals surface area contributed by atoms with Gasteiger partial charge in [-0.15, -0.1) is 0 Å². The Morgan fingerprint density at radius 1 is 1.20 bits per heavy atom.